The topological polar surface area (TPSA) is 113 Å². The van der Waals surface area contributed by atoms with Crippen molar-refractivity contribution in [3.05, 3.63) is 64.6 Å². The lowest BCUT2D eigenvalue weighted by atomic mass is 10.2. The number of phenolic OH excluding ortho intramolecular Hbond substituents is 1. The molecule has 0 spiro atoms. The molecule has 8 nitrogen and oxygen atoms in total. The van der Waals surface area contributed by atoms with Crippen molar-refractivity contribution in [3.63, 3.8) is 0 Å². The molecule has 0 atom stereocenters. The summed E-state index contributed by atoms with van der Waals surface area (Å²) in [5.74, 6) is 0.424. The Hall–Kier alpha value is -3.94. The van der Waals surface area contributed by atoms with Gasteiger partial charge in [0.15, 0.2) is 17.3 Å². The SMILES string of the molecule is Cc1ccccc1-n1c(=O)[nH]c2c(N[C]=O)nc(-c3cccc(O)c3)nc21. The number of aromatic hydroxyl groups is 1. The molecule has 0 saturated carbocycles. The van der Waals surface area contributed by atoms with Crippen LogP contribution in [0.25, 0.3) is 28.2 Å². The van der Waals surface area contributed by atoms with Crippen LogP contribution in [0.2, 0.25) is 0 Å². The summed E-state index contributed by atoms with van der Waals surface area (Å²) >= 11 is 0. The molecule has 4 aromatic rings. The fourth-order valence-corrected chi connectivity index (χ4v) is 2.94. The van der Waals surface area contributed by atoms with Gasteiger partial charge in [-0.2, -0.15) is 0 Å². The molecule has 1 radical (unpaired) electrons. The molecule has 4 rings (SSSR count). The lowest BCUT2D eigenvalue weighted by Gasteiger charge is -2.09. The second-order valence-corrected chi connectivity index (χ2v) is 5.92. The highest BCUT2D eigenvalue weighted by molar-refractivity contribution is 5.91. The third-order valence-electron chi connectivity index (χ3n) is 4.17. The number of amides is 1. The Labute approximate surface area is 153 Å². The number of fused-ring (bicyclic) bond motifs is 1. The van der Waals surface area contributed by atoms with Crippen LogP contribution < -0.4 is 11.0 Å². The maximum absolute atomic E-state index is 12.6. The summed E-state index contributed by atoms with van der Waals surface area (Å²) in [5, 5.41) is 12.1. The summed E-state index contributed by atoms with van der Waals surface area (Å²) in [4.78, 5) is 35.0. The molecule has 2 heterocycles. The number of carbonyl (C=O) groups excluding carboxylic acids is 1. The van der Waals surface area contributed by atoms with E-state index in [0.717, 1.165) is 5.56 Å². The number of H-pyrrole nitrogens is 1. The fraction of sp³-hybridized carbons (Fsp3) is 0.0526. The first-order valence-corrected chi connectivity index (χ1v) is 8.10. The van der Waals surface area contributed by atoms with E-state index in [9.17, 15) is 14.7 Å². The van der Waals surface area contributed by atoms with Crippen LogP contribution in [-0.4, -0.2) is 31.0 Å². The Morgan fingerprint density at radius 3 is 2.70 bits per heavy atom. The zero-order valence-electron chi connectivity index (χ0n) is 14.2. The first-order valence-electron chi connectivity index (χ1n) is 8.10. The quantitative estimate of drug-likeness (QED) is 0.483. The molecular formula is C19H14N5O3. The van der Waals surface area contributed by atoms with Gasteiger partial charge in [0, 0.05) is 5.56 Å². The van der Waals surface area contributed by atoms with Crippen molar-refractivity contribution in [2.75, 3.05) is 5.32 Å². The summed E-state index contributed by atoms with van der Waals surface area (Å²) in [6.45, 7) is 1.89. The second kappa shape index (κ2) is 6.41. The monoisotopic (exact) mass is 360 g/mol. The molecule has 1 amide bonds. The molecule has 0 bridgehead atoms. The molecule has 0 aliphatic rings. The number of nitrogens with one attached hydrogen (secondary N) is 2. The number of benzene rings is 2. The van der Waals surface area contributed by atoms with Gasteiger partial charge >= 0.3 is 12.1 Å². The molecule has 0 aliphatic carbocycles. The number of anilines is 1. The minimum Gasteiger partial charge on any atom is -0.508 e. The first-order chi connectivity index (χ1) is 13.1. The Balaban J connectivity index is 2.06. The molecule has 2 aromatic heterocycles. The zero-order valence-corrected chi connectivity index (χ0v) is 14.2. The minimum absolute atomic E-state index is 0.0537. The van der Waals surface area contributed by atoms with Gasteiger partial charge in [0.2, 0.25) is 0 Å². The van der Waals surface area contributed by atoms with E-state index in [1.807, 2.05) is 25.1 Å². The van der Waals surface area contributed by atoms with Crippen molar-refractivity contribution >= 4 is 23.4 Å². The highest BCUT2D eigenvalue weighted by Crippen LogP contribution is 2.26. The van der Waals surface area contributed by atoms with Crippen LogP contribution in [0, 0.1) is 6.92 Å². The normalized spacial score (nSPS) is 10.9. The van der Waals surface area contributed by atoms with Gasteiger partial charge in [0.25, 0.3) is 0 Å². The Morgan fingerprint density at radius 2 is 1.96 bits per heavy atom. The summed E-state index contributed by atoms with van der Waals surface area (Å²) in [5.41, 5.74) is 2.27. The van der Waals surface area contributed by atoms with E-state index in [1.165, 1.54) is 16.7 Å². The van der Waals surface area contributed by atoms with Gasteiger partial charge in [-0.05, 0) is 30.7 Å². The van der Waals surface area contributed by atoms with Crippen LogP contribution in [0.3, 0.4) is 0 Å². The number of imidazole rings is 1. The van der Waals surface area contributed by atoms with Crippen LogP contribution >= 0.6 is 0 Å². The van der Waals surface area contributed by atoms with Crippen LogP contribution in [0.15, 0.2) is 53.3 Å². The van der Waals surface area contributed by atoms with Gasteiger partial charge in [-0.3, -0.25) is 4.79 Å². The lowest BCUT2D eigenvalue weighted by Crippen LogP contribution is -2.16. The van der Waals surface area contributed by atoms with Crippen molar-refractivity contribution in [1.82, 2.24) is 19.5 Å². The Bertz CT molecular complexity index is 1230. The number of hydrogen-bond donors (Lipinski definition) is 3. The summed E-state index contributed by atoms with van der Waals surface area (Å²) < 4.78 is 1.43. The third kappa shape index (κ3) is 2.82. The van der Waals surface area contributed by atoms with Crippen LogP contribution in [0.1, 0.15) is 5.56 Å². The number of nitrogens with zero attached hydrogens (tertiary/aromatic N) is 3. The van der Waals surface area contributed by atoms with E-state index in [4.69, 9.17) is 0 Å². The fourth-order valence-electron chi connectivity index (χ4n) is 2.94. The second-order valence-electron chi connectivity index (χ2n) is 5.92. The largest absolute Gasteiger partial charge is 0.508 e. The number of rotatable bonds is 4. The summed E-state index contributed by atoms with van der Waals surface area (Å²) in [6.07, 6.45) is 1.58. The van der Waals surface area contributed by atoms with E-state index in [1.54, 1.807) is 24.6 Å². The molecule has 0 fully saturated rings. The lowest BCUT2D eigenvalue weighted by molar-refractivity contribution is 0.475. The van der Waals surface area contributed by atoms with Gasteiger partial charge in [-0.25, -0.2) is 19.3 Å². The van der Waals surface area contributed by atoms with Crippen molar-refractivity contribution in [2.45, 2.75) is 6.92 Å². The molecule has 0 saturated heterocycles. The number of phenols is 1. The maximum Gasteiger partial charge on any atom is 0.332 e. The summed E-state index contributed by atoms with van der Waals surface area (Å²) in [7, 11) is 0. The molecule has 0 aliphatic heterocycles. The third-order valence-corrected chi connectivity index (χ3v) is 4.17. The molecule has 27 heavy (non-hydrogen) atoms. The van der Waals surface area contributed by atoms with Crippen molar-refractivity contribution in [3.8, 4) is 22.8 Å². The van der Waals surface area contributed by atoms with Crippen LogP contribution in [0.5, 0.6) is 5.75 Å². The maximum atomic E-state index is 12.6. The van der Waals surface area contributed by atoms with E-state index < -0.39 is 5.69 Å². The van der Waals surface area contributed by atoms with Crippen molar-refractivity contribution < 1.29 is 9.90 Å². The van der Waals surface area contributed by atoms with Crippen LogP contribution in [0.4, 0.5) is 5.82 Å². The molecule has 8 heteroatoms. The number of hydrogen-bond acceptors (Lipinski definition) is 5. The Morgan fingerprint density at radius 1 is 1.15 bits per heavy atom. The number of aromatic nitrogens is 4. The zero-order chi connectivity index (χ0) is 19.0. The van der Waals surface area contributed by atoms with E-state index in [2.05, 4.69) is 20.3 Å². The predicted molar refractivity (Wildman–Crippen MR) is 101 cm³/mol. The molecule has 3 N–H and O–H groups in total. The van der Waals surface area contributed by atoms with E-state index >= 15 is 0 Å². The average Bonchev–Trinajstić information content (AvgIpc) is 2.98. The highest BCUT2D eigenvalue weighted by Gasteiger charge is 2.18. The highest BCUT2D eigenvalue weighted by atomic mass is 16.3. The molecule has 133 valence electrons. The van der Waals surface area contributed by atoms with E-state index in [-0.39, 0.29) is 22.9 Å². The Kier molecular flexibility index (Phi) is 3.92. The molecule has 0 unspecified atom stereocenters. The van der Waals surface area contributed by atoms with E-state index in [0.29, 0.717) is 16.9 Å². The van der Waals surface area contributed by atoms with Crippen molar-refractivity contribution in [1.29, 1.82) is 0 Å². The predicted octanol–water partition coefficient (Wildman–Crippen LogP) is 2.27. The number of aromatic amines is 1. The van der Waals surface area contributed by atoms with Gasteiger partial charge in [0.1, 0.15) is 11.3 Å². The summed E-state index contributed by atoms with van der Waals surface area (Å²) in [6, 6.07) is 13.8. The number of para-hydroxylation sites is 1. The van der Waals surface area contributed by atoms with Crippen LogP contribution in [-0.2, 0) is 4.79 Å². The first kappa shape index (κ1) is 16.5. The minimum atomic E-state index is -0.407. The number of aryl methyl sites for hydroxylation is 1. The van der Waals surface area contributed by atoms with Gasteiger partial charge < -0.3 is 15.4 Å². The van der Waals surface area contributed by atoms with Gasteiger partial charge in [-0.1, -0.05) is 30.3 Å². The molecular weight excluding hydrogens is 346 g/mol. The van der Waals surface area contributed by atoms with Crippen molar-refractivity contribution in [2.24, 2.45) is 0 Å². The smallest absolute Gasteiger partial charge is 0.332 e. The standard InChI is InChI=1S/C19H14N5O3/c1-11-5-2-3-8-14(11)24-18-15(21-19(24)27)17(20-10-25)22-16(23-18)12-6-4-7-13(26)9-12/h2-9,26H,1H3,(H,21,27)(H,20,22,23,25). The molecule has 2 aromatic carbocycles. The van der Waals surface area contributed by atoms with Gasteiger partial charge in [-0.15, -0.1) is 0 Å². The average molecular weight is 360 g/mol. The van der Waals surface area contributed by atoms with Gasteiger partial charge in [0.05, 0.1) is 5.69 Å².